The van der Waals surface area contributed by atoms with Crippen molar-refractivity contribution in [1.29, 1.82) is 5.26 Å². The molecule has 0 spiro atoms. The first-order chi connectivity index (χ1) is 7.79. The number of rotatable bonds is 3. The fraction of sp³-hybridized carbons (Fsp3) is 0.0909. The number of halogens is 1. The topological polar surface area (TPSA) is 59.0 Å². The van der Waals surface area contributed by atoms with Gasteiger partial charge in [-0.3, -0.25) is 0 Å². The van der Waals surface area contributed by atoms with Crippen LogP contribution in [-0.2, 0) is 6.61 Å². The normalized spacial score (nSPS) is 9.75. The summed E-state index contributed by atoms with van der Waals surface area (Å²) in [5.74, 6) is 0.287. The maximum Gasteiger partial charge on any atom is 0.174 e. The summed E-state index contributed by atoms with van der Waals surface area (Å²) in [6.07, 6.45) is 1.50. The molecule has 0 aliphatic heterocycles. The van der Waals surface area contributed by atoms with Gasteiger partial charge in [0.15, 0.2) is 5.76 Å². The summed E-state index contributed by atoms with van der Waals surface area (Å²) >= 11 is 0. The predicted molar refractivity (Wildman–Crippen MR) is 52.0 cm³/mol. The van der Waals surface area contributed by atoms with Gasteiger partial charge >= 0.3 is 0 Å². The molecule has 0 atom stereocenters. The molecule has 0 saturated carbocycles. The molecule has 0 aliphatic rings. The van der Waals surface area contributed by atoms with Gasteiger partial charge < -0.3 is 9.26 Å². The molecule has 1 aromatic heterocycles. The third-order valence-corrected chi connectivity index (χ3v) is 1.93. The van der Waals surface area contributed by atoms with Crippen LogP contribution in [0.1, 0.15) is 11.3 Å². The first-order valence-electron chi connectivity index (χ1n) is 4.51. The molecule has 4 nitrogen and oxygen atoms in total. The van der Waals surface area contributed by atoms with Gasteiger partial charge in [-0.2, -0.15) is 5.26 Å². The molecule has 1 heterocycles. The van der Waals surface area contributed by atoms with E-state index in [4.69, 9.17) is 14.5 Å². The minimum absolute atomic E-state index is 0.00739. The highest BCUT2D eigenvalue weighted by atomic mass is 19.1. The molecule has 1 aromatic carbocycles. The van der Waals surface area contributed by atoms with Crippen molar-refractivity contribution in [2.45, 2.75) is 6.61 Å². The van der Waals surface area contributed by atoms with Crippen LogP contribution in [0.3, 0.4) is 0 Å². The molecule has 2 rings (SSSR count). The lowest BCUT2D eigenvalue weighted by Gasteiger charge is -2.03. The molecular formula is C11H7FN2O2. The molecule has 0 bridgehead atoms. The third-order valence-electron chi connectivity index (χ3n) is 1.93. The zero-order chi connectivity index (χ0) is 11.4. The molecule has 0 amide bonds. The lowest BCUT2D eigenvalue weighted by Crippen LogP contribution is -1.95. The zero-order valence-corrected chi connectivity index (χ0v) is 8.18. The standard InChI is InChI=1S/C11H7FN2O2/c12-11-5-9(2-1-8(11)6-13)15-7-10-3-4-14-16-10/h1-5H,7H2. The van der Waals surface area contributed by atoms with Gasteiger partial charge in [0.1, 0.15) is 24.2 Å². The largest absolute Gasteiger partial charge is 0.485 e. The molecule has 16 heavy (non-hydrogen) atoms. The van der Waals surface area contributed by atoms with Crippen LogP contribution in [-0.4, -0.2) is 5.16 Å². The molecule has 2 aromatic rings. The molecule has 0 aliphatic carbocycles. The Morgan fingerprint density at radius 3 is 2.94 bits per heavy atom. The summed E-state index contributed by atoms with van der Waals surface area (Å²) in [5.41, 5.74) is -0.00739. The molecule has 0 fully saturated rings. The van der Waals surface area contributed by atoms with Gasteiger partial charge in [-0.25, -0.2) is 4.39 Å². The third kappa shape index (κ3) is 2.17. The summed E-state index contributed by atoms with van der Waals surface area (Å²) < 4.78 is 23.2. The van der Waals surface area contributed by atoms with Gasteiger partial charge in [-0.1, -0.05) is 5.16 Å². The number of hydrogen-bond donors (Lipinski definition) is 0. The Kier molecular flexibility index (Phi) is 2.83. The van der Waals surface area contributed by atoms with Gasteiger partial charge in [-0.15, -0.1) is 0 Å². The number of nitrogens with zero attached hydrogens (tertiary/aromatic N) is 2. The van der Waals surface area contributed by atoms with Gasteiger partial charge in [0.2, 0.25) is 0 Å². The van der Waals surface area contributed by atoms with Gasteiger partial charge in [0, 0.05) is 12.1 Å². The van der Waals surface area contributed by atoms with Crippen LogP contribution in [0.4, 0.5) is 4.39 Å². The average Bonchev–Trinajstić information content (AvgIpc) is 2.79. The van der Waals surface area contributed by atoms with E-state index in [9.17, 15) is 4.39 Å². The molecule has 0 radical (unpaired) electrons. The second-order valence-corrected chi connectivity index (χ2v) is 3.02. The van der Waals surface area contributed by atoms with E-state index >= 15 is 0 Å². The van der Waals surface area contributed by atoms with Crippen LogP contribution < -0.4 is 4.74 Å². The van der Waals surface area contributed by atoms with Crippen molar-refractivity contribution < 1.29 is 13.7 Å². The van der Waals surface area contributed by atoms with Crippen molar-refractivity contribution in [3.63, 3.8) is 0 Å². The van der Waals surface area contributed by atoms with Crippen molar-refractivity contribution in [3.8, 4) is 11.8 Å². The Balaban J connectivity index is 2.06. The summed E-state index contributed by atoms with van der Waals surface area (Å²) in [6.45, 7) is 0.172. The highest BCUT2D eigenvalue weighted by Crippen LogP contribution is 2.17. The van der Waals surface area contributed by atoms with Gasteiger partial charge in [0.05, 0.1) is 11.8 Å². The second kappa shape index (κ2) is 4.45. The zero-order valence-electron chi connectivity index (χ0n) is 8.18. The maximum absolute atomic E-state index is 13.2. The van der Waals surface area contributed by atoms with E-state index in [1.165, 1.54) is 18.3 Å². The monoisotopic (exact) mass is 218 g/mol. The summed E-state index contributed by atoms with van der Waals surface area (Å²) in [6, 6.07) is 7.44. The van der Waals surface area contributed by atoms with Crippen LogP contribution in [0.15, 0.2) is 35.0 Å². The van der Waals surface area contributed by atoms with Crippen LogP contribution in [0.25, 0.3) is 0 Å². The van der Waals surface area contributed by atoms with Gasteiger partial charge in [0.25, 0.3) is 0 Å². The maximum atomic E-state index is 13.2. The molecule has 80 valence electrons. The van der Waals surface area contributed by atoms with E-state index in [-0.39, 0.29) is 12.2 Å². The fourth-order valence-corrected chi connectivity index (χ4v) is 1.15. The van der Waals surface area contributed by atoms with Crippen molar-refractivity contribution >= 4 is 0 Å². The fourth-order valence-electron chi connectivity index (χ4n) is 1.15. The Bertz CT molecular complexity index is 517. The number of nitriles is 1. The first-order valence-corrected chi connectivity index (χ1v) is 4.51. The number of benzene rings is 1. The average molecular weight is 218 g/mol. The molecule has 0 saturated heterocycles. The van der Waals surface area contributed by atoms with E-state index < -0.39 is 5.82 Å². The smallest absolute Gasteiger partial charge is 0.174 e. The lowest BCUT2D eigenvalue weighted by molar-refractivity contribution is 0.248. The minimum atomic E-state index is -0.599. The quantitative estimate of drug-likeness (QED) is 0.792. The van der Waals surface area contributed by atoms with Crippen LogP contribution in [0.2, 0.25) is 0 Å². The first kappa shape index (κ1) is 10.2. The molecule has 0 unspecified atom stereocenters. The van der Waals surface area contributed by atoms with E-state index in [0.29, 0.717) is 11.5 Å². The van der Waals surface area contributed by atoms with Crippen molar-refractivity contribution in [2.75, 3.05) is 0 Å². The van der Waals surface area contributed by atoms with Crippen molar-refractivity contribution in [3.05, 3.63) is 47.6 Å². The summed E-state index contributed by atoms with van der Waals surface area (Å²) in [7, 11) is 0. The minimum Gasteiger partial charge on any atom is -0.485 e. The summed E-state index contributed by atoms with van der Waals surface area (Å²) in [4.78, 5) is 0. The van der Waals surface area contributed by atoms with E-state index in [1.54, 1.807) is 12.1 Å². The van der Waals surface area contributed by atoms with E-state index in [2.05, 4.69) is 5.16 Å². The van der Waals surface area contributed by atoms with Crippen molar-refractivity contribution in [1.82, 2.24) is 5.16 Å². The SMILES string of the molecule is N#Cc1ccc(OCc2ccno2)cc1F. The Morgan fingerprint density at radius 1 is 1.44 bits per heavy atom. The predicted octanol–water partition coefficient (Wildman–Crippen LogP) is 2.26. The Morgan fingerprint density at radius 2 is 2.31 bits per heavy atom. The van der Waals surface area contributed by atoms with Crippen LogP contribution in [0, 0.1) is 17.1 Å². The molecule has 0 N–H and O–H groups in total. The lowest BCUT2D eigenvalue weighted by atomic mass is 10.2. The highest BCUT2D eigenvalue weighted by molar-refractivity contribution is 5.36. The Labute approximate surface area is 90.9 Å². The van der Waals surface area contributed by atoms with Crippen LogP contribution >= 0.6 is 0 Å². The second-order valence-electron chi connectivity index (χ2n) is 3.02. The number of hydrogen-bond acceptors (Lipinski definition) is 4. The molecule has 5 heteroatoms. The number of ether oxygens (including phenoxy) is 1. The number of aromatic nitrogens is 1. The van der Waals surface area contributed by atoms with Gasteiger partial charge in [-0.05, 0) is 12.1 Å². The van der Waals surface area contributed by atoms with E-state index in [0.717, 1.165) is 6.07 Å². The molecular weight excluding hydrogens is 211 g/mol. The van der Waals surface area contributed by atoms with Crippen LogP contribution in [0.5, 0.6) is 5.75 Å². The Hall–Kier alpha value is -2.35. The van der Waals surface area contributed by atoms with E-state index in [1.807, 2.05) is 0 Å². The summed E-state index contributed by atoms with van der Waals surface area (Å²) in [5, 5.41) is 12.0. The highest BCUT2D eigenvalue weighted by Gasteiger charge is 2.04. The van der Waals surface area contributed by atoms with Crippen molar-refractivity contribution in [2.24, 2.45) is 0 Å².